The van der Waals surface area contributed by atoms with Gasteiger partial charge in [-0.1, -0.05) is 12.8 Å². The number of rotatable bonds is 3. The van der Waals surface area contributed by atoms with Crippen LogP contribution in [0.2, 0.25) is 0 Å². The summed E-state index contributed by atoms with van der Waals surface area (Å²) in [6.45, 7) is 4.18. The Morgan fingerprint density at radius 3 is 2.42 bits per heavy atom. The molecule has 0 unspecified atom stereocenters. The van der Waals surface area contributed by atoms with Gasteiger partial charge in [-0.3, -0.25) is 0 Å². The van der Waals surface area contributed by atoms with Gasteiger partial charge in [0.15, 0.2) is 0 Å². The first-order valence-electron chi connectivity index (χ1n) is 5.20. The molecule has 1 saturated carbocycles. The number of ether oxygens (including phenoxy) is 1. The van der Waals surface area contributed by atoms with Crippen LogP contribution in [0.1, 0.15) is 32.6 Å². The Bertz CT molecular complexity index is 139. The molecule has 0 aromatic heterocycles. The molecule has 12 heavy (non-hydrogen) atoms. The zero-order valence-electron chi connectivity index (χ0n) is 7.88. The van der Waals surface area contributed by atoms with Crippen molar-refractivity contribution < 1.29 is 4.74 Å². The summed E-state index contributed by atoms with van der Waals surface area (Å²) in [5.41, 5.74) is 0. The maximum atomic E-state index is 5.14. The zero-order valence-corrected chi connectivity index (χ0v) is 7.88. The minimum atomic E-state index is 0.653. The van der Waals surface area contributed by atoms with Gasteiger partial charge >= 0.3 is 0 Å². The van der Waals surface area contributed by atoms with E-state index in [2.05, 4.69) is 12.2 Å². The monoisotopic (exact) mass is 169 g/mol. The molecule has 2 aliphatic rings. The van der Waals surface area contributed by atoms with Crippen LogP contribution >= 0.6 is 0 Å². The fraction of sp³-hybridized carbons (Fsp3) is 1.00. The predicted octanol–water partition coefficient (Wildman–Crippen LogP) is 1.55. The van der Waals surface area contributed by atoms with Crippen molar-refractivity contribution in [1.29, 1.82) is 0 Å². The summed E-state index contributed by atoms with van der Waals surface area (Å²) in [4.78, 5) is 0. The van der Waals surface area contributed by atoms with Gasteiger partial charge in [-0.25, -0.2) is 0 Å². The summed E-state index contributed by atoms with van der Waals surface area (Å²) in [6.07, 6.45) is 5.75. The van der Waals surface area contributed by atoms with Gasteiger partial charge in [-0.15, -0.1) is 0 Å². The van der Waals surface area contributed by atoms with Crippen molar-refractivity contribution in [2.45, 2.75) is 44.7 Å². The summed E-state index contributed by atoms with van der Waals surface area (Å²) in [6, 6.07) is 1.36. The maximum absolute atomic E-state index is 5.14. The predicted molar refractivity (Wildman–Crippen MR) is 49.2 cm³/mol. The molecule has 2 nitrogen and oxygen atoms in total. The first-order valence-corrected chi connectivity index (χ1v) is 5.20. The van der Waals surface area contributed by atoms with Gasteiger partial charge in [0.1, 0.15) is 0 Å². The first kappa shape index (κ1) is 8.52. The van der Waals surface area contributed by atoms with Crippen molar-refractivity contribution in [3.8, 4) is 0 Å². The maximum Gasteiger partial charge on any atom is 0.0643 e. The van der Waals surface area contributed by atoms with Crippen LogP contribution in [0.5, 0.6) is 0 Å². The Hall–Kier alpha value is -0.0800. The second-order valence-electron chi connectivity index (χ2n) is 4.23. The van der Waals surface area contributed by atoms with Crippen LogP contribution in [-0.2, 0) is 4.74 Å². The van der Waals surface area contributed by atoms with E-state index in [-0.39, 0.29) is 0 Å². The van der Waals surface area contributed by atoms with Gasteiger partial charge in [0.2, 0.25) is 0 Å². The molecule has 0 spiro atoms. The molecule has 2 rings (SSSR count). The molecule has 1 N–H and O–H groups in total. The van der Waals surface area contributed by atoms with Crippen LogP contribution in [0.3, 0.4) is 0 Å². The van der Waals surface area contributed by atoms with Crippen molar-refractivity contribution in [2.75, 3.05) is 13.2 Å². The van der Waals surface area contributed by atoms with Gasteiger partial charge in [0.05, 0.1) is 19.3 Å². The van der Waals surface area contributed by atoms with Gasteiger partial charge in [-0.05, 0) is 25.7 Å². The van der Waals surface area contributed by atoms with E-state index in [1.165, 1.54) is 25.7 Å². The van der Waals surface area contributed by atoms with Crippen molar-refractivity contribution in [1.82, 2.24) is 5.32 Å². The van der Waals surface area contributed by atoms with Crippen LogP contribution in [0, 0.1) is 5.92 Å². The average Bonchev–Trinajstić information content (AvgIpc) is 2.47. The van der Waals surface area contributed by atoms with E-state index >= 15 is 0 Å². The highest BCUT2D eigenvalue weighted by Crippen LogP contribution is 2.27. The van der Waals surface area contributed by atoms with E-state index in [0.717, 1.165) is 19.1 Å². The van der Waals surface area contributed by atoms with Gasteiger partial charge < -0.3 is 10.1 Å². The quantitative estimate of drug-likeness (QED) is 0.692. The summed E-state index contributed by atoms with van der Waals surface area (Å²) in [5.74, 6) is 0.936. The van der Waals surface area contributed by atoms with E-state index in [9.17, 15) is 0 Å². The highest BCUT2D eigenvalue weighted by molar-refractivity contribution is 4.82. The molecular formula is C10H19NO. The smallest absolute Gasteiger partial charge is 0.0643 e. The second-order valence-corrected chi connectivity index (χ2v) is 4.23. The Morgan fingerprint density at radius 1 is 1.25 bits per heavy atom. The molecular weight excluding hydrogens is 150 g/mol. The Morgan fingerprint density at radius 2 is 1.92 bits per heavy atom. The molecule has 0 aromatic rings. The molecule has 2 heteroatoms. The minimum absolute atomic E-state index is 0.653. The summed E-state index contributed by atoms with van der Waals surface area (Å²) >= 11 is 0. The fourth-order valence-corrected chi connectivity index (χ4v) is 2.30. The third-order valence-electron chi connectivity index (χ3n) is 3.24. The molecule has 0 aromatic carbocycles. The molecule has 0 bridgehead atoms. The Labute approximate surface area is 74.7 Å². The Kier molecular flexibility index (Phi) is 2.66. The molecule has 1 aliphatic heterocycles. The van der Waals surface area contributed by atoms with E-state index in [4.69, 9.17) is 4.74 Å². The number of nitrogens with one attached hydrogen (secondary N) is 1. The molecule has 70 valence electrons. The molecule has 1 atom stereocenters. The highest BCUT2D eigenvalue weighted by atomic mass is 16.5. The molecule has 1 heterocycles. The van der Waals surface area contributed by atoms with Crippen LogP contribution in [-0.4, -0.2) is 25.3 Å². The fourth-order valence-electron chi connectivity index (χ4n) is 2.30. The highest BCUT2D eigenvalue weighted by Gasteiger charge is 2.26. The standard InChI is InChI=1S/C10H19NO/c1-8(9-4-2-3-5-9)11-10-6-12-7-10/h8-11H,2-7H2,1H3/t8-/m1/s1. The Balaban J connectivity index is 1.71. The van der Waals surface area contributed by atoms with E-state index < -0.39 is 0 Å². The topological polar surface area (TPSA) is 21.3 Å². The molecule has 1 aliphatic carbocycles. The van der Waals surface area contributed by atoms with Crippen molar-refractivity contribution in [2.24, 2.45) is 5.92 Å². The van der Waals surface area contributed by atoms with Crippen LogP contribution in [0.4, 0.5) is 0 Å². The van der Waals surface area contributed by atoms with Crippen LogP contribution < -0.4 is 5.32 Å². The van der Waals surface area contributed by atoms with Crippen LogP contribution in [0.25, 0.3) is 0 Å². The average molecular weight is 169 g/mol. The lowest BCUT2D eigenvalue weighted by Crippen LogP contribution is -2.51. The van der Waals surface area contributed by atoms with E-state index in [0.29, 0.717) is 12.1 Å². The van der Waals surface area contributed by atoms with Crippen molar-refractivity contribution >= 4 is 0 Å². The van der Waals surface area contributed by atoms with Crippen LogP contribution in [0.15, 0.2) is 0 Å². The number of hydrogen-bond donors (Lipinski definition) is 1. The minimum Gasteiger partial charge on any atom is -0.378 e. The van der Waals surface area contributed by atoms with Gasteiger partial charge in [-0.2, -0.15) is 0 Å². The zero-order chi connectivity index (χ0) is 8.39. The second kappa shape index (κ2) is 3.75. The SMILES string of the molecule is C[C@@H](NC1COC1)C1CCCC1. The van der Waals surface area contributed by atoms with Crippen molar-refractivity contribution in [3.05, 3.63) is 0 Å². The van der Waals surface area contributed by atoms with Crippen molar-refractivity contribution in [3.63, 3.8) is 0 Å². The summed E-state index contributed by atoms with van der Waals surface area (Å²) in [7, 11) is 0. The molecule has 2 fully saturated rings. The van der Waals surface area contributed by atoms with Gasteiger partial charge in [0.25, 0.3) is 0 Å². The normalized spacial score (nSPS) is 28.8. The summed E-state index contributed by atoms with van der Waals surface area (Å²) < 4.78 is 5.14. The first-order chi connectivity index (χ1) is 5.86. The molecule has 1 saturated heterocycles. The third kappa shape index (κ3) is 1.80. The number of hydrogen-bond acceptors (Lipinski definition) is 2. The molecule has 0 radical (unpaired) electrons. The lowest BCUT2D eigenvalue weighted by Gasteiger charge is -2.32. The summed E-state index contributed by atoms with van der Waals surface area (Å²) in [5, 5.41) is 3.63. The van der Waals surface area contributed by atoms with E-state index in [1.54, 1.807) is 0 Å². The lowest BCUT2D eigenvalue weighted by atomic mass is 9.99. The molecule has 0 amide bonds. The van der Waals surface area contributed by atoms with E-state index in [1.807, 2.05) is 0 Å². The largest absolute Gasteiger partial charge is 0.378 e. The third-order valence-corrected chi connectivity index (χ3v) is 3.24. The lowest BCUT2D eigenvalue weighted by molar-refractivity contribution is -0.0120. The van der Waals surface area contributed by atoms with Gasteiger partial charge in [0, 0.05) is 6.04 Å².